The van der Waals surface area contributed by atoms with Gasteiger partial charge in [0.2, 0.25) is 5.01 Å². The summed E-state index contributed by atoms with van der Waals surface area (Å²) in [6.45, 7) is 2.03. The van der Waals surface area contributed by atoms with Gasteiger partial charge in [0.25, 0.3) is 5.91 Å². The Balaban J connectivity index is 1.78. The molecular formula is C16H13N3OS. The van der Waals surface area contributed by atoms with Crippen molar-refractivity contribution in [1.82, 2.24) is 10.2 Å². The van der Waals surface area contributed by atoms with Crippen LogP contribution in [0.15, 0.2) is 54.6 Å². The molecule has 0 unspecified atom stereocenters. The number of aromatic nitrogens is 2. The Morgan fingerprint density at radius 1 is 1.00 bits per heavy atom. The monoisotopic (exact) mass is 295 g/mol. The summed E-state index contributed by atoms with van der Waals surface area (Å²) >= 11 is 1.28. The highest BCUT2D eigenvalue weighted by atomic mass is 32.1. The summed E-state index contributed by atoms with van der Waals surface area (Å²) in [5.74, 6) is -0.239. The van der Waals surface area contributed by atoms with E-state index in [2.05, 4.69) is 15.5 Å². The van der Waals surface area contributed by atoms with Crippen LogP contribution < -0.4 is 5.32 Å². The van der Waals surface area contributed by atoms with Crippen LogP contribution in [0.3, 0.4) is 0 Å². The maximum Gasteiger partial charge on any atom is 0.286 e. The fourth-order valence-electron chi connectivity index (χ4n) is 1.83. The van der Waals surface area contributed by atoms with E-state index in [0.717, 1.165) is 16.3 Å². The van der Waals surface area contributed by atoms with Crippen molar-refractivity contribution in [3.63, 3.8) is 0 Å². The van der Waals surface area contributed by atoms with Crippen LogP contribution in [-0.4, -0.2) is 16.1 Å². The summed E-state index contributed by atoms with van der Waals surface area (Å²) in [4.78, 5) is 12.1. The molecule has 1 heterocycles. The number of hydrogen-bond donors (Lipinski definition) is 1. The normalized spacial score (nSPS) is 10.3. The molecule has 0 saturated carbocycles. The van der Waals surface area contributed by atoms with Crippen LogP contribution >= 0.6 is 11.3 Å². The van der Waals surface area contributed by atoms with E-state index >= 15 is 0 Å². The first-order valence-electron chi connectivity index (χ1n) is 6.49. The summed E-state index contributed by atoms with van der Waals surface area (Å²) in [6.07, 6.45) is 0. The van der Waals surface area contributed by atoms with Crippen molar-refractivity contribution in [1.29, 1.82) is 0 Å². The van der Waals surface area contributed by atoms with Crippen molar-refractivity contribution >= 4 is 22.9 Å². The van der Waals surface area contributed by atoms with Gasteiger partial charge in [-0.3, -0.25) is 4.79 Å². The van der Waals surface area contributed by atoms with Crippen molar-refractivity contribution < 1.29 is 4.79 Å². The maximum absolute atomic E-state index is 12.1. The molecule has 5 heteroatoms. The number of carbonyl (C=O) groups excluding carboxylic acids is 1. The summed E-state index contributed by atoms with van der Waals surface area (Å²) in [5.41, 5.74) is 2.90. The number of para-hydroxylation sites is 1. The predicted molar refractivity (Wildman–Crippen MR) is 84.5 cm³/mol. The number of nitrogens with zero attached hydrogens (tertiary/aromatic N) is 2. The SMILES string of the molecule is Cc1ccc(-c2nnc(C(=O)Nc3ccccc3)s2)cc1. The number of carbonyl (C=O) groups is 1. The molecule has 0 bridgehead atoms. The second-order valence-corrected chi connectivity index (χ2v) is 5.58. The first kappa shape index (κ1) is 13.5. The number of hydrogen-bond acceptors (Lipinski definition) is 4. The quantitative estimate of drug-likeness (QED) is 0.800. The lowest BCUT2D eigenvalue weighted by Gasteiger charge is -2.00. The molecule has 2 aromatic carbocycles. The lowest BCUT2D eigenvalue weighted by Crippen LogP contribution is -2.11. The standard InChI is InChI=1S/C16H13N3OS/c1-11-7-9-12(10-8-11)15-18-19-16(21-15)14(20)17-13-5-3-2-4-6-13/h2-10H,1H3,(H,17,20). The predicted octanol–water partition coefficient (Wildman–Crippen LogP) is 3.77. The minimum absolute atomic E-state index is 0.239. The molecule has 0 fully saturated rings. The van der Waals surface area contributed by atoms with Gasteiger partial charge in [0.05, 0.1) is 0 Å². The first-order valence-corrected chi connectivity index (χ1v) is 7.31. The third-order valence-electron chi connectivity index (χ3n) is 2.95. The molecule has 0 aliphatic rings. The molecule has 0 aliphatic heterocycles. The van der Waals surface area contributed by atoms with Gasteiger partial charge in [-0.1, -0.05) is 59.4 Å². The van der Waals surface area contributed by atoms with E-state index in [9.17, 15) is 4.79 Å². The van der Waals surface area contributed by atoms with Gasteiger partial charge in [-0.15, -0.1) is 10.2 Å². The molecule has 1 amide bonds. The van der Waals surface area contributed by atoms with Gasteiger partial charge in [0.15, 0.2) is 0 Å². The van der Waals surface area contributed by atoms with E-state index < -0.39 is 0 Å². The van der Waals surface area contributed by atoms with Gasteiger partial charge in [-0.2, -0.15) is 0 Å². The van der Waals surface area contributed by atoms with Gasteiger partial charge in [-0.25, -0.2) is 0 Å². The minimum atomic E-state index is -0.239. The summed E-state index contributed by atoms with van der Waals surface area (Å²) < 4.78 is 0. The van der Waals surface area contributed by atoms with Gasteiger partial charge in [-0.05, 0) is 19.1 Å². The Bertz CT molecular complexity index is 751. The zero-order valence-electron chi connectivity index (χ0n) is 11.4. The van der Waals surface area contributed by atoms with Crippen LogP contribution in [0.1, 0.15) is 15.4 Å². The molecule has 3 rings (SSSR count). The maximum atomic E-state index is 12.1. The Morgan fingerprint density at radius 3 is 2.43 bits per heavy atom. The summed E-state index contributed by atoms with van der Waals surface area (Å²) in [7, 11) is 0. The lowest BCUT2D eigenvalue weighted by atomic mass is 10.2. The van der Waals surface area contributed by atoms with Crippen molar-refractivity contribution in [2.75, 3.05) is 5.32 Å². The molecule has 0 radical (unpaired) electrons. The molecule has 0 aliphatic carbocycles. The van der Waals surface area contributed by atoms with Crippen molar-refractivity contribution in [3.05, 3.63) is 65.2 Å². The molecular weight excluding hydrogens is 282 g/mol. The van der Waals surface area contributed by atoms with Crippen LogP contribution in [0.25, 0.3) is 10.6 Å². The highest BCUT2D eigenvalue weighted by Gasteiger charge is 2.13. The van der Waals surface area contributed by atoms with Gasteiger partial charge in [0.1, 0.15) is 5.01 Å². The first-order chi connectivity index (χ1) is 10.2. The average Bonchev–Trinajstić information content (AvgIpc) is 2.99. The van der Waals surface area contributed by atoms with E-state index in [1.165, 1.54) is 16.9 Å². The van der Waals surface area contributed by atoms with Crippen LogP contribution in [-0.2, 0) is 0 Å². The zero-order chi connectivity index (χ0) is 14.7. The van der Waals surface area contributed by atoms with Crippen LogP contribution in [0, 0.1) is 6.92 Å². The molecule has 3 aromatic rings. The zero-order valence-corrected chi connectivity index (χ0v) is 12.2. The van der Waals surface area contributed by atoms with Gasteiger partial charge in [0, 0.05) is 11.3 Å². The van der Waals surface area contributed by atoms with Gasteiger partial charge < -0.3 is 5.32 Å². The number of benzene rings is 2. The molecule has 4 nitrogen and oxygen atoms in total. The number of amides is 1. The van der Waals surface area contributed by atoms with E-state index in [0.29, 0.717) is 5.01 Å². The second kappa shape index (κ2) is 5.85. The average molecular weight is 295 g/mol. The van der Waals surface area contributed by atoms with E-state index in [-0.39, 0.29) is 5.91 Å². The second-order valence-electron chi connectivity index (χ2n) is 4.60. The molecule has 0 atom stereocenters. The molecule has 0 saturated heterocycles. The fraction of sp³-hybridized carbons (Fsp3) is 0.0625. The molecule has 0 spiro atoms. The highest BCUT2D eigenvalue weighted by molar-refractivity contribution is 7.16. The lowest BCUT2D eigenvalue weighted by molar-refractivity contribution is 0.102. The Kier molecular flexibility index (Phi) is 3.75. The van der Waals surface area contributed by atoms with E-state index in [1.54, 1.807) is 0 Å². The van der Waals surface area contributed by atoms with Crippen molar-refractivity contribution in [2.24, 2.45) is 0 Å². The van der Waals surface area contributed by atoms with Crippen LogP contribution in [0.2, 0.25) is 0 Å². The number of aryl methyl sites for hydroxylation is 1. The van der Waals surface area contributed by atoms with Crippen molar-refractivity contribution in [3.8, 4) is 10.6 Å². The molecule has 104 valence electrons. The third-order valence-corrected chi connectivity index (χ3v) is 3.92. The van der Waals surface area contributed by atoms with E-state index in [1.807, 2.05) is 61.5 Å². The topological polar surface area (TPSA) is 54.9 Å². The fourth-order valence-corrected chi connectivity index (χ4v) is 2.58. The Hall–Kier alpha value is -2.53. The Morgan fingerprint density at radius 2 is 1.71 bits per heavy atom. The van der Waals surface area contributed by atoms with Crippen molar-refractivity contribution in [2.45, 2.75) is 6.92 Å². The molecule has 1 aromatic heterocycles. The summed E-state index contributed by atoms with van der Waals surface area (Å²) in [5, 5.41) is 12.0. The minimum Gasteiger partial charge on any atom is -0.320 e. The summed E-state index contributed by atoms with van der Waals surface area (Å²) in [6, 6.07) is 17.3. The van der Waals surface area contributed by atoms with E-state index in [4.69, 9.17) is 0 Å². The largest absolute Gasteiger partial charge is 0.320 e. The van der Waals surface area contributed by atoms with Gasteiger partial charge >= 0.3 is 0 Å². The third kappa shape index (κ3) is 3.14. The highest BCUT2D eigenvalue weighted by Crippen LogP contribution is 2.24. The van der Waals surface area contributed by atoms with Crippen LogP contribution in [0.4, 0.5) is 5.69 Å². The number of anilines is 1. The Labute approximate surface area is 126 Å². The van der Waals surface area contributed by atoms with Crippen LogP contribution in [0.5, 0.6) is 0 Å². The smallest absolute Gasteiger partial charge is 0.286 e. The molecule has 1 N–H and O–H groups in total. The molecule has 21 heavy (non-hydrogen) atoms. The number of nitrogens with one attached hydrogen (secondary N) is 1. The number of rotatable bonds is 3.